The van der Waals surface area contributed by atoms with Crippen molar-refractivity contribution >= 4 is 11.8 Å². The van der Waals surface area contributed by atoms with E-state index in [0.29, 0.717) is 15.6 Å². The first-order valence-electron chi connectivity index (χ1n) is 9.07. The third kappa shape index (κ3) is 29.6. The first-order valence-corrected chi connectivity index (χ1v) is 9.95. The average Bonchev–Trinajstić information content (AvgIpc) is 2.27. The van der Waals surface area contributed by atoms with Gasteiger partial charge in [-0.25, -0.2) is 0 Å². The summed E-state index contributed by atoms with van der Waals surface area (Å²) >= 11 is 1.89. The van der Waals surface area contributed by atoms with Crippen molar-refractivity contribution in [2.24, 2.45) is 10.8 Å². The quantitative estimate of drug-likeness (QED) is 0.469. The molecule has 0 bridgehead atoms. The van der Waals surface area contributed by atoms with Gasteiger partial charge in [-0.2, -0.15) is 0 Å². The second-order valence-corrected chi connectivity index (χ2v) is 12.5. The van der Waals surface area contributed by atoms with E-state index >= 15 is 0 Å². The summed E-state index contributed by atoms with van der Waals surface area (Å²) in [6.45, 7) is 26.3. The van der Waals surface area contributed by atoms with Crippen molar-refractivity contribution in [3.8, 4) is 0 Å². The first kappa shape index (κ1) is 25.9. The monoisotopic (exact) mass is 356 g/mol. The Balaban J connectivity index is 0. The number of rotatable bonds is 4. The third-order valence-corrected chi connectivity index (χ3v) is 3.53. The van der Waals surface area contributed by atoms with Crippen molar-refractivity contribution in [1.82, 2.24) is 0 Å². The van der Waals surface area contributed by atoms with E-state index in [1.54, 1.807) is 0 Å². The van der Waals surface area contributed by atoms with E-state index in [1.807, 2.05) is 18.0 Å². The van der Waals surface area contributed by atoms with E-state index in [9.17, 15) is 0 Å². The molecule has 0 aliphatic heterocycles. The molecule has 2 heteroatoms. The van der Waals surface area contributed by atoms with Crippen molar-refractivity contribution in [2.45, 2.75) is 106 Å². The summed E-state index contributed by atoms with van der Waals surface area (Å²) in [6, 6.07) is 0. The van der Waals surface area contributed by atoms with Crippen LogP contribution in [0.1, 0.15) is 95.9 Å². The Kier molecular flexibility index (Phi) is 11.4. The van der Waals surface area contributed by atoms with Crippen LogP contribution in [-0.4, -0.2) is 10.3 Å². The average molecular weight is 357 g/mol. The normalized spacial score (nSPS) is 14.0. The SMILES string of the molecule is CC(C)(C)CC=COC(C)(C)C.CC(C)(C)CC=CSC(C)(C)C. The zero-order valence-corrected chi connectivity index (χ0v) is 19.4. The molecule has 0 aliphatic rings. The van der Waals surface area contributed by atoms with Gasteiger partial charge in [-0.1, -0.05) is 68.4 Å². The number of allylic oxidation sites excluding steroid dienone is 2. The fourth-order valence-electron chi connectivity index (χ4n) is 1.31. The zero-order chi connectivity index (χ0) is 19.7. The van der Waals surface area contributed by atoms with Crippen molar-refractivity contribution in [2.75, 3.05) is 0 Å². The summed E-state index contributed by atoms with van der Waals surface area (Å²) in [5.41, 5.74) is 0.723. The minimum atomic E-state index is -0.0611. The Hall–Kier alpha value is -0.370. The highest BCUT2D eigenvalue weighted by molar-refractivity contribution is 8.03. The molecule has 0 aromatic rings. The molecule has 0 spiro atoms. The van der Waals surface area contributed by atoms with Gasteiger partial charge in [0.2, 0.25) is 0 Å². The van der Waals surface area contributed by atoms with Crippen LogP contribution in [0.5, 0.6) is 0 Å². The molecule has 0 saturated carbocycles. The minimum Gasteiger partial charge on any atom is -0.496 e. The van der Waals surface area contributed by atoms with Crippen LogP contribution >= 0.6 is 11.8 Å². The molecule has 0 aromatic heterocycles. The van der Waals surface area contributed by atoms with E-state index in [0.717, 1.165) is 12.8 Å². The van der Waals surface area contributed by atoms with Gasteiger partial charge in [0.15, 0.2) is 0 Å². The highest BCUT2D eigenvalue weighted by atomic mass is 32.2. The standard InChI is InChI=1S/C11H22O.C11H22S/c2*1-10(2,3)8-7-9-12-11(4,5)6/h2*7,9H,8H2,1-6H3. The Morgan fingerprint density at radius 3 is 1.42 bits per heavy atom. The van der Waals surface area contributed by atoms with Crippen LogP contribution in [0.3, 0.4) is 0 Å². The maximum absolute atomic E-state index is 5.44. The van der Waals surface area contributed by atoms with Crippen molar-refractivity contribution < 1.29 is 4.74 Å². The Morgan fingerprint density at radius 1 is 0.667 bits per heavy atom. The molecular formula is C22H44OS. The maximum Gasteiger partial charge on any atom is 0.0998 e. The summed E-state index contributed by atoms with van der Waals surface area (Å²) in [4.78, 5) is 0. The second-order valence-electron chi connectivity index (χ2n) is 10.7. The number of thioether (sulfide) groups is 1. The molecule has 0 radical (unpaired) electrons. The van der Waals surface area contributed by atoms with E-state index in [-0.39, 0.29) is 5.60 Å². The van der Waals surface area contributed by atoms with Gasteiger partial charge in [-0.05, 0) is 55.9 Å². The highest BCUT2D eigenvalue weighted by Gasteiger charge is 2.10. The van der Waals surface area contributed by atoms with Crippen LogP contribution in [0.15, 0.2) is 23.8 Å². The summed E-state index contributed by atoms with van der Waals surface area (Å²) in [5.74, 6) is 0. The molecule has 0 saturated heterocycles. The fraction of sp³-hybridized carbons (Fsp3) is 0.818. The van der Waals surface area contributed by atoms with Crippen LogP contribution in [0, 0.1) is 10.8 Å². The van der Waals surface area contributed by atoms with Crippen LogP contribution in [0.25, 0.3) is 0 Å². The van der Waals surface area contributed by atoms with Gasteiger partial charge < -0.3 is 4.74 Å². The Bertz CT molecular complexity index is 291. The van der Waals surface area contributed by atoms with Crippen LogP contribution in [0.2, 0.25) is 0 Å². The molecule has 0 fully saturated rings. The van der Waals surface area contributed by atoms with Gasteiger partial charge in [0.1, 0.15) is 0 Å². The summed E-state index contributed by atoms with van der Waals surface area (Å²) in [6.07, 6.45) is 8.39. The molecule has 24 heavy (non-hydrogen) atoms. The molecular weight excluding hydrogens is 312 g/mol. The lowest BCUT2D eigenvalue weighted by molar-refractivity contribution is 0.0757. The molecule has 144 valence electrons. The van der Waals surface area contributed by atoms with E-state index < -0.39 is 0 Å². The van der Waals surface area contributed by atoms with Gasteiger partial charge in [0, 0.05) is 4.75 Å². The van der Waals surface area contributed by atoms with Gasteiger partial charge in [0.05, 0.1) is 11.9 Å². The van der Waals surface area contributed by atoms with Gasteiger partial charge >= 0.3 is 0 Å². The second kappa shape index (κ2) is 10.6. The molecule has 0 aromatic carbocycles. The molecule has 0 unspecified atom stereocenters. The fourth-order valence-corrected chi connectivity index (χ4v) is 1.91. The van der Waals surface area contributed by atoms with E-state index in [2.05, 4.69) is 101 Å². The lowest BCUT2D eigenvalue weighted by atomic mass is 9.92. The third-order valence-electron chi connectivity index (χ3n) is 2.50. The molecule has 0 N–H and O–H groups in total. The molecule has 0 aliphatic carbocycles. The molecule has 1 nitrogen and oxygen atoms in total. The smallest absolute Gasteiger partial charge is 0.0998 e. The van der Waals surface area contributed by atoms with Gasteiger partial charge in [-0.15, -0.1) is 11.8 Å². The number of hydrogen-bond acceptors (Lipinski definition) is 2. The lowest BCUT2D eigenvalue weighted by Crippen LogP contribution is -2.15. The Morgan fingerprint density at radius 2 is 1.08 bits per heavy atom. The summed E-state index contributed by atoms with van der Waals surface area (Å²) in [7, 11) is 0. The van der Waals surface area contributed by atoms with Crippen LogP contribution < -0.4 is 0 Å². The van der Waals surface area contributed by atoms with Crippen molar-refractivity contribution in [3.05, 3.63) is 23.8 Å². The highest BCUT2D eigenvalue weighted by Crippen LogP contribution is 2.26. The lowest BCUT2D eigenvalue weighted by Gasteiger charge is -2.19. The molecule has 0 atom stereocenters. The first-order chi connectivity index (χ1) is 10.4. The summed E-state index contributed by atoms with van der Waals surface area (Å²) < 4.78 is 5.80. The Labute approximate surface area is 157 Å². The van der Waals surface area contributed by atoms with Crippen molar-refractivity contribution in [3.63, 3.8) is 0 Å². The molecule has 0 heterocycles. The minimum absolute atomic E-state index is 0.0611. The zero-order valence-electron chi connectivity index (χ0n) is 18.5. The number of hydrogen-bond donors (Lipinski definition) is 0. The van der Waals surface area contributed by atoms with E-state index in [4.69, 9.17) is 4.74 Å². The molecule has 0 amide bonds. The van der Waals surface area contributed by atoms with Crippen LogP contribution in [-0.2, 0) is 4.74 Å². The van der Waals surface area contributed by atoms with Gasteiger partial charge in [-0.3, -0.25) is 0 Å². The molecule has 0 rings (SSSR count). The van der Waals surface area contributed by atoms with E-state index in [1.165, 1.54) is 0 Å². The summed E-state index contributed by atoms with van der Waals surface area (Å²) in [5, 5.41) is 2.23. The topological polar surface area (TPSA) is 9.23 Å². The van der Waals surface area contributed by atoms with Crippen molar-refractivity contribution in [1.29, 1.82) is 0 Å². The maximum atomic E-state index is 5.44. The predicted octanol–water partition coefficient (Wildman–Crippen LogP) is 8.22. The predicted molar refractivity (Wildman–Crippen MR) is 115 cm³/mol. The van der Waals surface area contributed by atoms with Gasteiger partial charge in [0.25, 0.3) is 0 Å². The van der Waals surface area contributed by atoms with Crippen LogP contribution in [0.4, 0.5) is 0 Å². The number of ether oxygens (including phenoxy) is 1. The largest absolute Gasteiger partial charge is 0.496 e.